The van der Waals surface area contributed by atoms with Gasteiger partial charge in [-0.1, -0.05) is 30.3 Å². The van der Waals surface area contributed by atoms with Gasteiger partial charge in [-0.15, -0.1) is 0 Å². The van der Waals surface area contributed by atoms with E-state index in [2.05, 4.69) is 4.99 Å². The number of carbonyl (C=O) groups excluding carboxylic acids is 1. The molecule has 37 heavy (non-hydrogen) atoms. The molecular weight excluding hydrogens is 472 g/mol. The number of furan rings is 1. The fraction of sp³-hybridized carbons (Fsp3) is 0.138. The molecule has 5 aromatic rings. The second kappa shape index (κ2) is 10.0. The van der Waals surface area contributed by atoms with Crippen molar-refractivity contribution in [3.63, 3.8) is 0 Å². The summed E-state index contributed by atoms with van der Waals surface area (Å²) in [6.45, 7) is 4.28. The lowest BCUT2D eigenvalue weighted by Gasteiger charge is -2.14. The molecule has 0 atom stereocenters. The van der Waals surface area contributed by atoms with Crippen molar-refractivity contribution >= 4 is 39.6 Å². The van der Waals surface area contributed by atoms with Crippen molar-refractivity contribution < 1.29 is 23.8 Å². The van der Waals surface area contributed by atoms with Crippen LogP contribution >= 0.6 is 0 Å². The quantitative estimate of drug-likeness (QED) is 0.227. The fourth-order valence-corrected chi connectivity index (χ4v) is 4.21. The van der Waals surface area contributed by atoms with Crippen LogP contribution in [0.2, 0.25) is 0 Å². The molecule has 0 unspecified atom stereocenters. The Morgan fingerprint density at radius 1 is 0.946 bits per heavy atom. The zero-order valence-electron chi connectivity index (χ0n) is 20.3. The largest absolute Gasteiger partial charge is 0.494 e. The van der Waals surface area contributed by atoms with Gasteiger partial charge in [-0.25, -0.2) is 9.36 Å². The van der Waals surface area contributed by atoms with Gasteiger partial charge >= 0.3 is 5.97 Å². The van der Waals surface area contributed by atoms with Gasteiger partial charge in [-0.3, -0.25) is 9.79 Å². The van der Waals surface area contributed by atoms with Gasteiger partial charge < -0.3 is 19.0 Å². The number of esters is 1. The van der Waals surface area contributed by atoms with E-state index in [1.54, 1.807) is 73.7 Å². The molecular formula is C29H24N2O6. The second-order valence-electron chi connectivity index (χ2n) is 8.10. The van der Waals surface area contributed by atoms with Gasteiger partial charge in [0.25, 0.3) is 5.56 Å². The lowest BCUT2D eigenvalue weighted by Crippen LogP contribution is -2.20. The molecule has 2 heterocycles. The number of benzene rings is 3. The lowest BCUT2D eigenvalue weighted by atomic mass is 10.1. The Morgan fingerprint density at radius 3 is 2.32 bits per heavy atom. The number of carbonyl (C=O) groups is 1. The van der Waals surface area contributed by atoms with Crippen molar-refractivity contribution in [3.05, 3.63) is 94.5 Å². The third kappa shape index (κ3) is 4.33. The molecule has 2 aromatic heterocycles. The minimum atomic E-state index is -0.640. The molecule has 0 saturated carbocycles. The highest BCUT2D eigenvalue weighted by Crippen LogP contribution is 2.35. The van der Waals surface area contributed by atoms with E-state index in [0.717, 1.165) is 0 Å². The number of para-hydroxylation sites is 1. The first kappa shape index (κ1) is 23.9. The maximum absolute atomic E-state index is 13.4. The van der Waals surface area contributed by atoms with Crippen LogP contribution in [0.4, 0.5) is 5.69 Å². The van der Waals surface area contributed by atoms with Crippen LogP contribution < -0.4 is 10.3 Å². The predicted molar refractivity (Wildman–Crippen MR) is 142 cm³/mol. The van der Waals surface area contributed by atoms with E-state index >= 15 is 0 Å². The summed E-state index contributed by atoms with van der Waals surface area (Å²) in [5.41, 5.74) is 1.15. The van der Waals surface area contributed by atoms with Crippen molar-refractivity contribution in [3.8, 4) is 17.3 Å². The Bertz CT molecular complexity index is 1700. The smallest absolute Gasteiger partial charge is 0.376 e. The topological polar surface area (TPSA) is 103 Å². The Morgan fingerprint density at radius 2 is 1.62 bits per heavy atom. The minimum Gasteiger partial charge on any atom is -0.494 e. The average molecular weight is 497 g/mol. The average Bonchev–Trinajstić information content (AvgIpc) is 3.29. The van der Waals surface area contributed by atoms with Crippen LogP contribution in [0.15, 0.2) is 87.0 Å². The fourth-order valence-electron chi connectivity index (χ4n) is 4.21. The van der Waals surface area contributed by atoms with Crippen molar-refractivity contribution in [2.24, 2.45) is 4.99 Å². The number of nitrogens with zero attached hydrogens (tertiary/aromatic N) is 2. The number of ether oxygens (including phenoxy) is 2. The van der Waals surface area contributed by atoms with E-state index in [4.69, 9.17) is 13.9 Å². The number of rotatable bonds is 7. The summed E-state index contributed by atoms with van der Waals surface area (Å²) >= 11 is 0. The summed E-state index contributed by atoms with van der Waals surface area (Å²) in [6, 6.07) is 20.9. The van der Waals surface area contributed by atoms with Crippen LogP contribution in [0.25, 0.3) is 27.4 Å². The summed E-state index contributed by atoms with van der Waals surface area (Å²) in [4.78, 5) is 30.5. The normalized spacial score (nSPS) is 11.4. The van der Waals surface area contributed by atoms with Crippen molar-refractivity contribution in [1.82, 2.24) is 4.57 Å². The Kier molecular flexibility index (Phi) is 6.47. The van der Waals surface area contributed by atoms with E-state index in [-0.39, 0.29) is 29.5 Å². The molecule has 0 spiro atoms. The number of aromatic nitrogens is 1. The Hall–Kier alpha value is -4.85. The number of fused-ring (bicyclic) bond motifs is 2. The number of aromatic hydroxyl groups is 1. The molecule has 0 aliphatic carbocycles. The summed E-state index contributed by atoms with van der Waals surface area (Å²) in [7, 11) is 0. The maximum atomic E-state index is 13.4. The molecule has 0 aliphatic rings. The van der Waals surface area contributed by atoms with E-state index in [9.17, 15) is 14.7 Å². The highest BCUT2D eigenvalue weighted by Gasteiger charge is 2.22. The first-order chi connectivity index (χ1) is 18.0. The van der Waals surface area contributed by atoms with Gasteiger partial charge in [-0.05, 0) is 56.3 Å². The van der Waals surface area contributed by atoms with Gasteiger partial charge in [-0.2, -0.15) is 0 Å². The van der Waals surface area contributed by atoms with Crippen molar-refractivity contribution in [2.75, 3.05) is 13.2 Å². The van der Waals surface area contributed by atoms with Crippen LogP contribution in [0.3, 0.4) is 0 Å². The Balaban J connectivity index is 1.71. The summed E-state index contributed by atoms with van der Waals surface area (Å²) in [6.07, 6.45) is 1.43. The summed E-state index contributed by atoms with van der Waals surface area (Å²) in [5.74, 6) is -0.316. The van der Waals surface area contributed by atoms with Crippen molar-refractivity contribution in [2.45, 2.75) is 13.8 Å². The van der Waals surface area contributed by atoms with Gasteiger partial charge in [0.2, 0.25) is 11.6 Å². The number of hydrogen-bond acceptors (Lipinski definition) is 7. The zero-order valence-corrected chi connectivity index (χ0v) is 20.3. The molecule has 186 valence electrons. The minimum absolute atomic E-state index is 0.0390. The van der Waals surface area contributed by atoms with Crippen LogP contribution in [-0.2, 0) is 4.74 Å². The molecule has 0 bridgehead atoms. The first-order valence-electron chi connectivity index (χ1n) is 11.9. The van der Waals surface area contributed by atoms with Gasteiger partial charge in [0, 0.05) is 22.4 Å². The highest BCUT2D eigenvalue weighted by atomic mass is 16.5. The van der Waals surface area contributed by atoms with E-state index in [0.29, 0.717) is 45.3 Å². The standard InChI is InChI=1S/C29H24N2O6/c1-3-35-19-15-13-18(14-16-19)31-27(32)21-10-6-5-9-20(21)23(28(31)33)17-30-25-22-11-7-8-12-24(22)37-26(25)29(34)36-4-2/h5-17,33H,3-4H2,1-2H3. The molecule has 0 fully saturated rings. The lowest BCUT2D eigenvalue weighted by molar-refractivity contribution is 0.0494. The third-order valence-electron chi connectivity index (χ3n) is 5.86. The van der Waals surface area contributed by atoms with Crippen molar-refractivity contribution in [1.29, 1.82) is 0 Å². The van der Waals surface area contributed by atoms with E-state index < -0.39 is 5.97 Å². The second-order valence-corrected chi connectivity index (χ2v) is 8.10. The molecule has 1 N–H and O–H groups in total. The molecule has 0 saturated heterocycles. The molecule has 0 amide bonds. The molecule has 0 radical (unpaired) electrons. The van der Waals surface area contributed by atoms with E-state index in [1.165, 1.54) is 10.8 Å². The summed E-state index contributed by atoms with van der Waals surface area (Å²) < 4.78 is 17.6. The third-order valence-corrected chi connectivity index (χ3v) is 5.86. The predicted octanol–water partition coefficient (Wildman–Crippen LogP) is 5.77. The molecule has 3 aromatic carbocycles. The zero-order chi connectivity index (χ0) is 25.9. The SMILES string of the molecule is CCOC(=O)c1oc2ccccc2c1N=Cc1c(O)n(-c2ccc(OCC)cc2)c(=O)c2ccccc12. The summed E-state index contributed by atoms with van der Waals surface area (Å²) in [5, 5.41) is 12.9. The number of pyridine rings is 1. The number of hydrogen-bond donors (Lipinski definition) is 1. The molecule has 8 nitrogen and oxygen atoms in total. The van der Waals surface area contributed by atoms with Crippen LogP contribution in [0, 0.1) is 0 Å². The molecule has 8 heteroatoms. The Labute approximate surface area is 212 Å². The number of aliphatic imine (C=N–C) groups is 1. The van der Waals surface area contributed by atoms with Gasteiger partial charge in [0.05, 0.1) is 24.5 Å². The van der Waals surface area contributed by atoms with Crippen LogP contribution in [0.1, 0.15) is 30.0 Å². The van der Waals surface area contributed by atoms with Gasteiger partial charge in [0.15, 0.2) is 0 Å². The monoisotopic (exact) mass is 496 g/mol. The molecule has 5 rings (SSSR count). The maximum Gasteiger partial charge on any atom is 0.376 e. The first-order valence-corrected chi connectivity index (χ1v) is 11.9. The highest BCUT2D eigenvalue weighted by molar-refractivity contribution is 6.07. The van der Waals surface area contributed by atoms with Crippen LogP contribution in [-0.4, -0.2) is 35.1 Å². The van der Waals surface area contributed by atoms with Gasteiger partial charge in [0.1, 0.15) is 17.0 Å². The molecule has 0 aliphatic heterocycles. The van der Waals surface area contributed by atoms with Crippen LogP contribution in [0.5, 0.6) is 11.6 Å². The van der Waals surface area contributed by atoms with E-state index in [1.807, 2.05) is 13.0 Å².